The number of nitrogen functional groups attached to an aromatic ring is 1. The number of rotatable bonds is 9. The fourth-order valence-electron chi connectivity index (χ4n) is 5.16. The van der Waals surface area contributed by atoms with Gasteiger partial charge in [-0.25, -0.2) is 9.78 Å². The van der Waals surface area contributed by atoms with E-state index in [-0.39, 0.29) is 30.7 Å². The highest BCUT2D eigenvalue weighted by Gasteiger charge is 2.32. The Bertz CT molecular complexity index is 1280. The predicted molar refractivity (Wildman–Crippen MR) is 151 cm³/mol. The third-order valence-corrected chi connectivity index (χ3v) is 6.98. The minimum Gasteiger partial charge on any atom is -0.444 e. The molecule has 2 atom stereocenters. The molecule has 3 aromatic heterocycles. The van der Waals surface area contributed by atoms with Crippen molar-refractivity contribution in [3.63, 3.8) is 0 Å². The van der Waals surface area contributed by atoms with Crippen LogP contribution in [0.15, 0.2) is 18.5 Å². The van der Waals surface area contributed by atoms with Crippen molar-refractivity contribution in [2.75, 3.05) is 24.2 Å². The van der Waals surface area contributed by atoms with Crippen molar-refractivity contribution in [2.24, 2.45) is 0 Å². The molecule has 0 spiro atoms. The maximum absolute atomic E-state index is 12.9. The van der Waals surface area contributed by atoms with Crippen LogP contribution in [0.1, 0.15) is 89.1 Å². The number of carbonyl (C=O) groups is 1. The van der Waals surface area contributed by atoms with Gasteiger partial charge >= 0.3 is 6.09 Å². The molecule has 2 unspecified atom stereocenters. The summed E-state index contributed by atoms with van der Waals surface area (Å²) in [5.74, 6) is 0.774. The van der Waals surface area contributed by atoms with Crippen molar-refractivity contribution in [3.8, 4) is 0 Å². The van der Waals surface area contributed by atoms with E-state index in [1.165, 1.54) is 0 Å². The Balaban J connectivity index is 1.60. The summed E-state index contributed by atoms with van der Waals surface area (Å²) in [5.41, 5.74) is 9.74. The van der Waals surface area contributed by atoms with Crippen LogP contribution in [0.4, 0.5) is 16.6 Å². The third kappa shape index (κ3) is 6.95. The number of nitrogens with one attached hydrogen (secondary N) is 1. The zero-order valence-corrected chi connectivity index (χ0v) is 23.8. The second-order valence-electron chi connectivity index (χ2n) is 11.3. The minimum absolute atomic E-state index is 0.0587. The van der Waals surface area contributed by atoms with Crippen LogP contribution in [0.2, 0.25) is 0 Å². The summed E-state index contributed by atoms with van der Waals surface area (Å²) in [4.78, 5) is 28.4. The fourth-order valence-corrected chi connectivity index (χ4v) is 5.16. The number of fused-ring (bicyclic) bond motifs is 1. The molecular formula is C28H42N8O3. The molecule has 11 heteroatoms. The quantitative estimate of drug-likeness (QED) is 0.356. The molecule has 1 saturated heterocycles. The van der Waals surface area contributed by atoms with Crippen LogP contribution >= 0.6 is 0 Å². The van der Waals surface area contributed by atoms with E-state index in [0.717, 1.165) is 54.4 Å². The van der Waals surface area contributed by atoms with E-state index in [9.17, 15) is 9.90 Å². The lowest BCUT2D eigenvalue weighted by molar-refractivity contribution is 0.00946. The molecule has 0 aliphatic carbocycles. The van der Waals surface area contributed by atoms with Gasteiger partial charge in [-0.1, -0.05) is 19.4 Å². The number of hydrogen-bond donors (Lipinski definition) is 3. The number of aryl methyl sites for hydroxylation is 1. The number of nitrogens with zero attached hydrogens (tertiary/aromatic N) is 6. The van der Waals surface area contributed by atoms with Gasteiger partial charge in [0.05, 0.1) is 24.5 Å². The molecule has 3 aromatic rings. The SMILES string of the molecule is CCCC(CCO)Nc1nc(N)nc2cnn(Cc3ncc(C4CCCCN4C(=O)OC(C)(C)C)cc3C)c12. The van der Waals surface area contributed by atoms with Gasteiger partial charge in [0.2, 0.25) is 5.95 Å². The highest BCUT2D eigenvalue weighted by atomic mass is 16.6. The van der Waals surface area contributed by atoms with Crippen molar-refractivity contribution in [3.05, 3.63) is 35.3 Å². The Labute approximate surface area is 230 Å². The van der Waals surface area contributed by atoms with E-state index in [2.05, 4.69) is 33.4 Å². The van der Waals surface area contributed by atoms with Gasteiger partial charge in [-0.2, -0.15) is 10.1 Å². The lowest BCUT2D eigenvalue weighted by Gasteiger charge is -2.37. The zero-order chi connectivity index (χ0) is 28.2. The Morgan fingerprint density at radius 3 is 2.74 bits per heavy atom. The van der Waals surface area contributed by atoms with Gasteiger partial charge in [-0.05, 0) is 70.9 Å². The number of anilines is 2. The first kappa shape index (κ1) is 28.5. The summed E-state index contributed by atoms with van der Waals surface area (Å²) in [7, 11) is 0. The number of hydrogen-bond acceptors (Lipinski definition) is 9. The lowest BCUT2D eigenvalue weighted by atomic mass is 9.95. The molecule has 212 valence electrons. The summed E-state index contributed by atoms with van der Waals surface area (Å²) >= 11 is 0. The van der Waals surface area contributed by atoms with Crippen LogP contribution in [0.25, 0.3) is 11.0 Å². The summed E-state index contributed by atoms with van der Waals surface area (Å²) < 4.78 is 7.52. The molecular weight excluding hydrogens is 496 g/mol. The van der Waals surface area contributed by atoms with Crippen molar-refractivity contribution >= 4 is 28.9 Å². The second kappa shape index (κ2) is 12.1. The Morgan fingerprint density at radius 1 is 1.26 bits per heavy atom. The van der Waals surface area contributed by atoms with Crippen LogP contribution in [0.3, 0.4) is 0 Å². The number of aliphatic hydroxyl groups excluding tert-OH is 1. The summed E-state index contributed by atoms with van der Waals surface area (Å²) in [6.45, 7) is 11.0. The Morgan fingerprint density at radius 2 is 2.05 bits per heavy atom. The van der Waals surface area contributed by atoms with E-state index in [1.54, 1.807) is 6.20 Å². The first-order chi connectivity index (χ1) is 18.6. The minimum atomic E-state index is -0.541. The van der Waals surface area contributed by atoms with Crippen LogP contribution in [0.5, 0.6) is 0 Å². The molecule has 4 rings (SSSR count). The van der Waals surface area contributed by atoms with E-state index in [4.69, 9.17) is 15.5 Å². The molecule has 4 N–H and O–H groups in total. The van der Waals surface area contributed by atoms with Gasteiger partial charge < -0.3 is 25.8 Å². The summed E-state index contributed by atoms with van der Waals surface area (Å²) in [5, 5.41) is 17.5. The molecule has 0 radical (unpaired) electrons. The number of ether oxygens (including phenoxy) is 1. The molecule has 39 heavy (non-hydrogen) atoms. The van der Waals surface area contributed by atoms with Crippen LogP contribution in [0, 0.1) is 6.92 Å². The second-order valence-corrected chi connectivity index (χ2v) is 11.3. The van der Waals surface area contributed by atoms with Gasteiger partial charge in [0.1, 0.15) is 16.6 Å². The maximum Gasteiger partial charge on any atom is 0.410 e. The molecule has 0 saturated carbocycles. The predicted octanol–water partition coefficient (Wildman–Crippen LogP) is 4.59. The highest BCUT2D eigenvalue weighted by Crippen LogP contribution is 2.33. The first-order valence-electron chi connectivity index (χ1n) is 13.9. The molecule has 0 aromatic carbocycles. The van der Waals surface area contributed by atoms with Crippen molar-refractivity contribution in [1.29, 1.82) is 0 Å². The average molecular weight is 539 g/mol. The average Bonchev–Trinajstić information content (AvgIpc) is 3.27. The standard InChI is InChI=1S/C28H42N8O3/c1-6-9-20(11-13-37)32-25-24-21(33-26(29)34-25)16-31-36(24)17-22-18(2)14-19(15-30-22)23-10-7-8-12-35(23)27(38)39-28(3,4)5/h14-16,20,23,37H,6-13,17H2,1-5H3,(H3,29,32,33,34). The monoisotopic (exact) mass is 538 g/mol. The lowest BCUT2D eigenvalue weighted by Crippen LogP contribution is -2.41. The Hall–Kier alpha value is -3.47. The molecule has 1 fully saturated rings. The van der Waals surface area contributed by atoms with E-state index >= 15 is 0 Å². The van der Waals surface area contributed by atoms with Crippen LogP contribution in [-0.2, 0) is 11.3 Å². The smallest absolute Gasteiger partial charge is 0.410 e. The maximum atomic E-state index is 12.9. The molecule has 0 bridgehead atoms. The largest absolute Gasteiger partial charge is 0.444 e. The van der Waals surface area contributed by atoms with Crippen LogP contribution < -0.4 is 11.1 Å². The van der Waals surface area contributed by atoms with Gasteiger partial charge in [0, 0.05) is 25.4 Å². The number of amides is 1. The van der Waals surface area contributed by atoms with Gasteiger partial charge in [0.25, 0.3) is 0 Å². The third-order valence-electron chi connectivity index (χ3n) is 6.98. The van der Waals surface area contributed by atoms with E-state index in [1.807, 2.05) is 43.5 Å². The number of aliphatic hydroxyl groups is 1. The topological polar surface area (TPSA) is 144 Å². The van der Waals surface area contributed by atoms with E-state index in [0.29, 0.717) is 30.8 Å². The zero-order valence-electron chi connectivity index (χ0n) is 23.8. The normalized spacial score (nSPS) is 16.9. The van der Waals surface area contributed by atoms with Crippen molar-refractivity contribution < 1.29 is 14.6 Å². The summed E-state index contributed by atoms with van der Waals surface area (Å²) in [6.07, 6.45) is 8.65. The number of aromatic nitrogens is 5. The first-order valence-corrected chi connectivity index (χ1v) is 13.9. The van der Waals surface area contributed by atoms with Gasteiger partial charge in [0.15, 0.2) is 5.82 Å². The molecule has 1 aliphatic rings. The number of carbonyl (C=O) groups excluding carboxylic acids is 1. The molecule has 1 amide bonds. The number of piperidine rings is 1. The fraction of sp³-hybridized carbons (Fsp3) is 0.607. The summed E-state index contributed by atoms with van der Waals surface area (Å²) in [6, 6.07) is 2.12. The van der Waals surface area contributed by atoms with E-state index < -0.39 is 5.60 Å². The van der Waals surface area contributed by atoms with Crippen LogP contribution in [-0.4, -0.2) is 65.6 Å². The number of likely N-dealkylation sites (tertiary alicyclic amines) is 1. The Kier molecular flexibility index (Phi) is 8.89. The number of pyridine rings is 1. The van der Waals surface area contributed by atoms with Gasteiger partial charge in [-0.15, -0.1) is 0 Å². The molecule has 1 aliphatic heterocycles. The molecule has 11 nitrogen and oxygen atoms in total. The highest BCUT2D eigenvalue weighted by molar-refractivity contribution is 5.86. The van der Waals surface area contributed by atoms with Crippen molar-refractivity contribution in [1.82, 2.24) is 29.6 Å². The molecule has 4 heterocycles. The van der Waals surface area contributed by atoms with Crippen molar-refractivity contribution in [2.45, 2.75) is 97.4 Å². The van der Waals surface area contributed by atoms with Gasteiger partial charge in [-0.3, -0.25) is 9.67 Å². The number of nitrogens with two attached hydrogens (primary N) is 1.